The van der Waals surface area contributed by atoms with Gasteiger partial charge in [-0.3, -0.25) is 10.1 Å². The molecule has 1 aromatic heterocycles. The number of hydrogen-bond acceptors (Lipinski definition) is 4. The number of hydrogen-bond donors (Lipinski definition) is 1. The van der Waals surface area contributed by atoms with Crippen LogP contribution in [-0.4, -0.2) is 16.5 Å². The van der Waals surface area contributed by atoms with Crippen molar-refractivity contribution in [2.75, 3.05) is 11.9 Å². The van der Waals surface area contributed by atoms with Crippen LogP contribution in [0, 0.1) is 21.4 Å². The molecule has 1 N–H and O–H groups in total. The molecule has 1 aliphatic rings. The Morgan fingerprint density at radius 2 is 2.28 bits per heavy atom. The first-order chi connectivity index (χ1) is 8.44. The molecule has 0 aliphatic heterocycles. The van der Waals surface area contributed by atoms with Crippen molar-refractivity contribution in [2.45, 2.75) is 26.7 Å². The highest BCUT2D eigenvalue weighted by Gasteiger charge is 2.45. The summed E-state index contributed by atoms with van der Waals surface area (Å²) in [6, 6.07) is 1.33. The molecule has 0 atom stereocenters. The van der Waals surface area contributed by atoms with Crippen LogP contribution in [0.5, 0.6) is 0 Å². The largest absolute Gasteiger partial charge is 0.364 e. The molecule has 0 bridgehead atoms. The lowest BCUT2D eigenvalue weighted by atomic mass is 9.92. The van der Waals surface area contributed by atoms with Crippen LogP contribution in [0.15, 0.2) is 12.3 Å². The molecule has 1 aromatic rings. The number of nitrogens with zero attached hydrogens (tertiary/aromatic N) is 2. The molecule has 0 aromatic carbocycles. The molecule has 0 saturated heterocycles. The Balaban J connectivity index is 2.12. The molecule has 98 valence electrons. The van der Waals surface area contributed by atoms with Gasteiger partial charge in [-0.1, -0.05) is 25.4 Å². The maximum atomic E-state index is 10.9. The maximum absolute atomic E-state index is 10.9. The Morgan fingerprint density at radius 3 is 2.78 bits per heavy atom. The van der Waals surface area contributed by atoms with E-state index in [2.05, 4.69) is 24.1 Å². The average Bonchev–Trinajstić information content (AvgIpc) is 3.08. The van der Waals surface area contributed by atoms with Gasteiger partial charge >= 0.3 is 5.69 Å². The number of nitrogens with one attached hydrogen (secondary N) is 1. The Kier molecular flexibility index (Phi) is 3.43. The molecule has 1 aliphatic carbocycles. The molecular formula is C12H16ClN3O2. The van der Waals surface area contributed by atoms with Crippen LogP contribution in [0.4, 0.5) is 11.5 Å². The van der Waals surface area contributed by atoms with Crippen molar-refractivity contribution in [3.63, 3.8) is 0 Å². The molecular weight excluding hydrogens is 254 g/mol. The van der Waals surface area contributed by atoms with Gasteiger partial charge in [0.15, 0.2) is 0 Å². The van der Waals surface area contributed by atoms with E-state index in [1.54, 1.807) is 0 Å². The van der Waals surface area contributed by atoms with Gasteiger partial charge in [0.25, 0.3) is 0 Å². The molecule has 1 fully saturated rings. The summed E-state index contributed by atoms with van der Waals surface area (Å²) in [5.41, 5.74) is 0.205. The van der Waals surface area contributed by atoms with E-state index >= 15 is 0 Å². The standard InChI is InChI=1S/C12H16ClN3O2/c1-8(2)12(3-4-12)7-15-11-10(16(17)18)5-9(13)6-14-11/h5-6,8H,3-4,7H2,1-2H3,(H,14,15). The van der Waals surface area contributed by atoms with Crippen molar-refractivity contribution in [3.05, 3.63) is 27.4 Å². The summed E-state index contributed by atoms with van der Waals surface area (Å²) in [6.07, 6.45) is 3.75. The molecule has 0 spiro atoms. The summed E-state index contributed by atoms with van der Waals surface area (Å²) in [7, 11) is 0. The fraction of sp³-hybridized carbons (Fsp3) is 0.583. The quantitative estimate of drug-likeness (QED) is 0.656. The van der Waals surface area contributed by atoms with Crippen LogP contribution in [0.3, 0.4) is 0 Å². The second-order valence-electron chi connectivity index (χ2n) is 5.15. The van der Waals surface area contributed by atoms with Crippen LogP contribution < -0.4 is 5.32 Å². The van der Waals surface area contributed by atoms with Crippen LogP contribution in [0.2, 0.25) is 5.02 Å². The van der Waals surface area contributed by atoms with E-state index in [-0.39, 0.29) is 16.1 Å². The lowest BCUT2D eigenvalue weighted by Gasteiger charge is -2.20. The Hall–Kier alpha value is -1.36. The van der Waals surface area contributed by atoms with Gasteiger partial charge < -0.3 is 5.32 Å². The minimum Gasteiger partial charge on any atom is -0.364 e. The minimum absolute atomic E-state index is 0.0675. The minimum atomic E-state index is -0.462. The van der Waals surface area contributed by atoms with E-state index in [9.17, 15) is 10.1 Å². The molecule has 2 rings (SSSR count). The zero-order chi connectivity index (χ0) is 13.3. The summed E-state index contributed by atoms with van der Waals surface area (Å²) in [6.45, 7) is 5.08. The molecule has 5 nitrogen and oxygen atoms in total. The summed E-state index contributed by atoms with van der Waals surface area (Å²) in [4.78, 5) is 14.5. The third-order valence-electron chi connectivity index (χ3n) is 3.76. The maximum Gasteiger partial charge on any atom is 0.312 e. The molecule has 6 heteroatoms. The Labute approximate surface area is 111 Å². The monoisotopic (exact) mass is 269 g/mol. The number of nitro groups is 1. The van der Waals surface area contributed by atoms with Crippen LogP contribution in [0.1, 0.15) is 26.7 Å². The highest BCUT2D eigenvalue weighted by atomic mass is 35.5. The zero-order valence-electron chi connectivity index (χ0n) is 10.4. The van der Waals surface area contributed by atoms with Gasteiger partial charge in [0, 0.05) is 18.8 Å². The van der Waals surface area contributed by atoms with Gasteiger partial charge in [0.1, 0.15) is 0 Å². The van der Waals surface area contributed by atoms with E-state index in [1.165, 1.54) is 25.1 Å². The Bertz CT molecular complexity index is 472. The zero-order valence-corrected chi connectivity index (χ0v) is 11.2. The third kappa shape index (κ3) is 2.56. The van der Waals surface area contributed by atoms with E-state index in [1.807, 2.05) is 0 Å². The fourth-order valence-electron chi connectivity index (χ4n) is 2.08. The fourth-order valence-corrected chi connectivity index (χ4v) is 2.23. The van der Waals surface area contributed by atoms with Crippen molar-refractivity contribution in [2.24, 2.45) is 11.3 Å². The van der Waals surface area contributed by atoms with Crippen LogP contribution >= 0.6 is 11.6 Å². The number of aromatic nitrogens is 1. The highest BCUT2D eigenvalue weighted by Crippen LogP contribution is 2.51. The van der Waals surface area contributed by atoms with Gasteiger partial charge in [0.05, 0.1) is 9.95 Å². The van der Waals surface area contributed by atoms with Crippen LogP contribution in [0.25, 0.3) is 0 Å². The normalized spacial score (nSPS) is 16.7. The van der Waals surface area contributed by atoms with Gasteiger partial charge in [-0.15, -0.1) is 0 Å². The van der Waals surface area contributed by atoms with Crippen LogP contribution in [-0.2, 0) is 0 Å². The van der Waals surface area contributed by atoms with Gasteiger partial charge in [-0.05, 0) is 24.2 Å². The second kappa shape index (κ2) is 4.72. The first-order valence-corrected chi connectivity index (χ1v) is 6.36. The predicted octanol–water partition coefficient (Wildman–Crippen LogP) is 3.49. The summed E-state index contributed by atoms with van der Waals surface area (Å²) in [5.74, 6) is 0.868. The number of pyridine rings is 1. The first-order valence-electron chi connectivity index (χ1n) is 5.98. The number of rotatable bonds is 5. The van der Waals surface area contributed by atoms with Gasteiger partial charge in [-0.2, -0.15) is 0 Å². The molecule has 0 amide bonds. The average molecular weight is 270 g/mol. The van der Waals surface area contributed by atoms with E-state index in [0.717, 1.165) is 6.54 Å². The smallest absolute Gasteiger partial charge is 0.312 e. The van der Waals surface area contributed by atoms with Crippen molar-refractivity contribution >= 4 is 23.1 Å². The molecule has 18 heavy (non-hydrogen) atoms. The second-order valence-corrected chi connectivity index (χ2v) is 5.59. The molecule has 1 heterocycles. The van der Waals surface area contributed by atoms with Gasteiger partial charge in [0.2, 0.25) is 5.82 Å². The lowest BCUT2D eigenvalue weighted by Crippen LogP contribution is -2.21. The van der Waals surface area contributed by atoms with Gasteiger partial charge in [-0.25, -0.2) is 4.98 Å². The topological polar surface area (TPSA) is 68.1 Å². The van der Waals surface area contributed by atoms with Crippen molar-refractivity contribution < 1.29 is 4.92 Å². The SMILES string of the molecule is CC(C)C1(CNc2ncc(Cl)cc2[N+](=O)[O-])CC1. The van der Waals surface area contributed by atoms with E-state index in [4.69, 9.17) is 11.6 Å². The summed E-state index contributed by atoms with van der Waals surface area (Å²) in [5, 5.41) is 14.3. The van der Waals surface area contributed by atoms with Crippen molar-refractivity contribution in [1.82, 2.24) is 4.98 Å². The summed E-state index contributed by atoms with van der Waals surface area (Å²) >= 11 is 5.72. The first kappa shape index (κ1) is 13.1. The third-order valence-corrected chi connectivity index (χ3v) is 3.96. The Morgan fingerprint density at radius 1 is 1.61 bits per heavy atom. The predicted molar refractivity (Wildman–Crippen MR) is 70.9 cm³/mol. The highest BCUT2D eigenvalue weighted by molar-refractivity contribution is 6.30. The number of anilines is 1. The van der Waals surface area contributed by atoms with E-state index in [0.29, 0.717) is 11.7 Å². The van der Waals surface area contributed by atoms with Crippen molar-refractivity contribution in [3.8, 4) is 0 Å². The number of halogens is 1. The molecule has 0 unspecified atom stereocenters. The van der Waals surface area contributed by atoms with E-state index < -0.39 is 4.92 Å². The lowest BCUT2D eigenvalue weighted by molar-refractivity contribution is -0.384. The van der Waals surface area contributed by atoms with Crippen molar-refractivity contribution in [1.29, 1.82) is 0 Å². The summed E-state index contributed by atoms with van der Waals surface area (Å²) < 4.78 is 0. The molecule has 0 radical (unpaired) electrons. The molecule has 1 saturated carbocycles.